The Hall–Kier alpha value is -2.94. The maximum absolute atomic E-state index is 13.4. The van der Waals surface area contributed by atoms with Crippen molar-refractivity contribution < 1.29 is 9.18 Å². The molecule has 0 fully saturated rings. The molecule has 1 unspecified atom stereocenters. The van der Waals surface area contributed by atoms with Crippen molar-refractivity contribution in [3.8, 4) is 0 Å². The van der Waals surface area contributed by atoms with E-state index in [1.165, 1.54) is 21.6 Å². The minimum atomic E-state index is -0.680. The van der Waals surface area contributed by atoms with Crippen molar-refractivity contribution in [1.29, 1.82) is 0 Å². The van der Waals surface area contributed by atoms with Gasteiger partial charge in [0.1, 0.15) is 11.6 Å². The van der Waals surface area contributed by atoms with Crippen LogP contribution < -0.4 is 27.2 Å². The molecule has 182 valence electrons. The first-order valence-electron chi connectivity index (χ1n) is 11.4. The lowest BCUT2D eigenvalue weighted by atomic mass is 9.82. The second-order valence-electron chi connectivity index (χ2n) is 9.28. The monoisotopic (exact) mass is 461 g/mol. The van der Waals surface area contributed by atoms with Gasteiger partial charge in [-0.25, -0.2) is 9.18 Å². The molecular weight excluding hydrogens is 425 g/mol. The van der Waals surface area contributed by atoms with Crippen LogP contribution in [0, 0.1) is 11.2 Å². The van der Waals surface area contributed by atoms with Crippen molar-refractivity contribution in [1.82, 2.24) is 14.9 Å². The van der Waals surface area contributed by atoms with Crippen molar-refractivity contribution in [2.75, 3.05) is 23.7 Å². The van der Waals surface area contributed by atoms with Crippen LogP contribution in [0.3, 0.4) is 0 Å². The summed E-state index contributed by atoms with van der Waals surface area (Å²) in [5, 5.41) is 3.28. The molecule has 33 heavy (non-hydrogen) atoms. The summed E-state index contributed by atoms with van der Waals surface area (Å²) in [7, 11) is 0. The van der Waals surface area contributed by atoms with Gasteiger partial charge in [-0.3, -0.25) is 19.1 Å². The van der Waals surface area contributed by atoms with E-state index in [4.69, 9.17) is 5.73 Å². The lowest BCUT2D eigenvalue weighted by Crippen LogP contribution is -2.46. The first kappa shape index (κ1) is 26.3. The Bertz CT molecular complexity index is 1050. The van der Waals surface area contributed by atoms with Crippen molar-refractivity contribution in [3.05, 3.63) is 56.5 Å². The zero-order valence-corrected chi connectivity index (χ0v) is 20.2. The lowest BCUT2D eigenvalue weighted by molar-refractivity contribution is -0.118. The van der Waals surface area contributed by atoms with Crippen molar-refractivity contribution in [2.45, 2.75) is 66.5 Å². The number of benzene rings is 1. The fraction of sp³-hybridized carbons (Fsp3) is 0.542. The van der Waals surface area contributed by atoms with Crippen LogP contribution in [0.25, 0.3) is 0 Å². The number of carbonyl (C=O) groups is 1. The molecule has 2 aromatic rings. The molecule has 0 aliphatic heterocycles. The Balaban J connectivity index is 2.38. The van der Waals surface area contributed by atoms with E-state index in [1.54, 1.807) is 12.1 Å². The number of anilines is 2. The molecule has 0 radical (unpaired) electrons. The number of nitrogens with two attached hydrogens (primary N) is 1. The third-order valence-corrected chi connectivity index (χ3v) is 5.49. The predicted octanol–water partition coefficient (Wildman–Crippen LogP) is 3.18. The Morgan fingerprint density at radius 1 is 1.18 bits per heavy atom. The quantitative estimate of drug-likeness (QED) is 0.503. The summed E-state index contributed by atoms with van der Waals surface area (Å²) in [5.41, 5.74) is 5.52. The molecule has 1 aromatic heterocycles. The first-order chi connectivity index (χ1) is 15.5. The molecule has 4 N–H and O–H groups in total. The van der Waals surface area contributed by atoms with Crippen LogP contribution in [0.2, 0.25) is 0 Å². The predicted molar refractivity (Wildman–Crippen MR) is 130 cm³/mol. The largest absolute Gasteiger partial charge is 0.383 e. The molecule has 2 rings (SSSR count). The van der Waals surface area contributed by atoms with Gasteiger partial charge in [0.25, 0.3) is 5.56 Å². The maximum Gasteiger partial charge on any atom is 0.330 e. The highest BCUT2D eigenvalue weighted by Gasteiger charge is 2.29. The summed E-state index contributed by atoms with van der Waals surface area (Å²) in [4.78, 5) is 41.9. The molecule has 1 aromatic carbocycles. The highest BCUT2D eigenvalue weighted by Crippen LogP contribution is 2.32. The Morgan fingerprint density at radius 3 is 2.36 bits per heavy atom. The van der Waals surface area contributed by atoms with E-state index in [9.17, 15) is 18.8 Å². The van der Waals surface area contributed by atoms with Gasteiger partial charge in [-0.2, -0.15) is 0 Å². The molecule has 0 bridgehead atoms. The third-order valence-electron chi connectivity index (χ3n) is 5.49. The number of hydrogen-bond acceptors (Lipinski definition) is 5. The van der Waals surface area contributed by atoms with Crippen molar-refractivity contribution >= 4 is 17.4 Å². The molecule has 1 heterocycles. The SMILES string of the molecule is CCCCN(C(=O)CNC(c1ccc(F)cc1)C(C)(C)C)c1c(N)n(CCC)c(=O)[nH]c1=O. The van der Waals surface area contributed by atoms with Gasteiger partial charge >= 0.3 is 5.69 Å². The second kappa shape index (κ2) is 11.3. The van der Waals surface area contributed by atoms with E-state index < -0.39 is 11.2 Å². The summed E-state index contributed by atoms with van der Waals surface area (Å²) >= 11 is 0. The van der Waals surface area contributed by atoms with Crippen LogP contribution in [0.1, 0.15) is 65.5 Å². The lowest BCUT2D eigenvalue weighted by Gasteiger charge is -2.33. The molecular formula is C24H36FN5O3. The summed E-state index contributed by atoms with van der Waals surface area (Å²) in [5.74, 6) is -0.676. The normalized spacial score (nSPS) is 12.5. The number of amides is 1. The van der Waals surface area contributed by atoms with Crippen LogP contribution in [-0.2, 0) is 11.3 Å². The molecule has 0 spiro atoms. The number of unbranched alkanes of at least 4 members (excludes halogenated alkanes) is 1. The number of hydrogen-bond donors (Lipinski definition) is 3. The molecule has 8 nitrogen and oxygen atoms in total. The van der Waals surface area contributed by atoms with Gasteiger partial charge in [-0.05, 0) is 36.0 Å². The molecule has 1 amide bonds. The number of aromatic nitrogens is 2. The van der Waals surface area contributed by atoms with E-state index in [1.807, 2.05) is 34.6 Å². The number of nitrogens with one attached hydrogen (secondary N) is 2. The number of nitrogens with zero attached hydrogens (tertiary/aromatic N) is 2. The van der Waals surface area contributed by atoms with E-state index in [2.05, 4.69) is 10.3 Å². The summed E-state index contributed by atoms with van der Waals surface area (Å²) in [6, 6.07) is 5.94. The summed E-state index contributed by atoms with van der Waals surface area (Å²) in [6.45, 7) is 10.5. The van der Waals surface area contributed by atoms with Gasteiger partial charge in [0.15, 0.2) is 5.69 Å². The molecule has 9 heteroatoms. The van der Waals surface area contributed by atoms with Gasteiger partial charge < -0.3 is 16.0 Å². The fourth-order valence-corrected chi connectivity index (χ4v) is 3.83. The maximum atomic E-state index is 13.4. The Morgan fingerprint density at radius 2 is 1.82 bits per heavy atom. The number of aromatic amines is 1. The fourth-order valence-electron chi connectivity index (χ4n) is 3.83. The van der Waals surface area contributed by atoms with Gasteiger partial charge in [-0.15, -0.1) is 0 Å². The summed E-state index contributed by atoms with van der Waals surface area (Å²) < 4.78 is 14.7. The van der Waals surface area contributed by atoms with Crippen molar-refractivity contribution in [2.24, 2.45) is 5.41 Å². The zero-order chi connectivity index (χ0) is 24.8. The van der Waals surface area contributed by atoms with E-state index in [0.717, 1.165) is 12.0 Å². The Labute approximate surface area is 194 Å². The first-order valence-corrected chi connectivity index (χ1v) is 11.4. The molecule has 0 saturated heterocycles. The van der Waals surface area contributed by atoms with E-state index in [-0.39, 0.29) is 41.2 Å². The zero-order valence-electron chi connectivity index (χ0n) is 20.2. The average molecular weight is 462 g/mol. The van der Waals surface area contributed by atoms with Crippen LogP contribution in [0.5, 0.6) is 0 Å². The van der Waals surface area contributed by atoms with Crippen LogP contribution in [0.15, 0.2) is 33.9 Å². The molecule has 0 aliphatic carbocycles. The number of nitrogen functional groups attached to an aromatic ring is 1. The van der Waals surface area contributed by atoms with E-state index >= 15 is 0 Å². The summed E-state index contributed by atoms with van der Waals surface area (Å²) in [6.07, 6.45) is 2.12. The number of H-pyrrole nitrogens is 1. The minimum Gasteiger partial charge on any atom is -0.383 e. The molecule has 0 saturated carbocycles. The molecule has 1 atom stereocenters. The highest BCUT2D eigenvalue weighted by molar-refractivity contribution is 5.96. The number of halogens is 1. The highest BCUT2D eigenvalue weighted by atomic mass is 19.1. The van der Waals surface area contributed by atoms with Gasteiger partial charge in [-0.1, -0.05) is 53.2 Å². The Kier molecular flexibility index (Phi) is 8.99. The van der Waals surface area contributed by atoms with Crippen LogP contribution >= 0.6 is 0 Å². The van der Waals surface area contributed by atoms with E-state index in [0.29, 0.717) is 25.9 Å². The van der Waals surface area contributed by atoms with Gasteiger partial charge in [0, 0.05) is 19.1 Å². The van der Waals surface area contributed by atoms with Gasteiger partial charge in [0.05, 0.1) is 6.54 Å². The second-order valence-corrected chi connectivity index (χ2v) is 9.28. The topological polar surface area (TPSA) is 113 Å². The van der Waals surface area contributed by atoms with Crippen LogP contribution in [-0.4, -0.2) is 28.5 Å². The average Bonchev–Trinajstić information content (AvgIpc) is 2.73. The smallest absolute Gasteiger partial charge is 0.330 e. The number of rotatable bonds is 10. The standard InChI is InChI=1S/C24H36FN5O3/c1-6-8-14-29(19-21(26)30(13-7-2)23(33)28-22(19)32)18(31)15-27-20(24(3,4)5)16-9-11-17(25)12-10-16/h9-12,20,27H,6-8,13-15,26H2,1-5H3,(H,28,32,33). The number of carbonyl (C=O) groups excluding carboxylic acids is 1. The molecule has 0 aliphatic rings. The minimum absolute atomic E-state index is 0.00242. The van der Waals surface area contributed by atoms with Crippen LogP contribution in [0.4, 0.5) is 15.9 Å². The third kappa shape index (κ3) is 6.54. The van der Waals surface area contributed by atoms with Crippen molar-refractivity contribution in [3.63, 3.8) is 0 Å². The van der Waals surface area contributed by atoms with Gasteiger partial charge in [0.2, 0.25) is 5.91 Å².